The molecular weight excluding hydrogens is 439 g/mol. The molecule has 0 aliphatic carbocycles. The lowest BCUT2D eigenvalue weighted by Crippen LogP contribution is -2.18. The number of nitrogens with one attached hydrogen (secondary N) is 1. The number of hydrogen-bond acceptors (Lipinski definition) is 6. The SMILES string of the molecule is CC(C)COc1cc(C#N)c2nc(NS(=O)(=O)c3ccccc3C(F)(F)F)sc2c1. The second-order valence-corrected chi connectivity index (χ2v) is 9.43. The molecule has 30 heavy (non-hydrogen) atoms. The number of hydrogen-bond donors (Lipinski definition) is 1. The Morgan fingerprint density at radius 2 is 1.97 bits per heavy atom. The molecule has 0 saturated carbocycles. The third-order valence-corrected chi connectivity index (χ3v) is 6.32. The number of nitrogens with zero attached hydrogens (tertiary/aromatic N) is 2. The Kier molecular flexibility index (Phi) is 5.92. The lowest BCUT2D eigenvalue weighted by molar-refractivity contribution is -0.139. The van der Waals surface area contributed by atoms with Gasteiger partial charge in [0.05, 0.1) is 27.3 Å². The molecule has 0 saturated heterocycles. The van der Waals surface area contributed by atoms with Gasteiger partial charge in [-0.1, -0.05) is 37.3 Å². The van der Waals surface area contributed by atoms with E-state index in [1.807, 2.05) is 19.9 Å². The van der Waals surface area contributed by atoms with E-state index in [0.717, 1.165) is 23.5 Å². The molecule has 3 aromatic rings. The van der Waals surface area contributed by atoms with E-state index in [2.05, 4.69) is 9.71 Å². The maximum Gasteiger partial charge on any atom is 0.417 e. The van der Waals surface area contributed by atoms with E-state index in [0.29, 0.717) is 23.1 Å². The van der Waals surface area contributed by atoms with Crippen molar-refractivity contribution in [2.75, 3.05) is 11.3 Å². The van der Waals surface area contributed by atoms with Crippen LogP contribution in [0.3, 0.4) is 0 Å². The highest BCUT2D eigenvalue weighted by atomic mass is 32.2. The number of sulfonamides is 1. The van der Waals surface area contributed by atoms with E-state index in [9.17, 15) is 26.9 Å². The van der Waals surface area contributed by atoms with Crippen LogP contribution < -0.4 is 9.46 Å². The first-order valence-electron chi connectivity index (χ1n) is 8.68. The van der Waals surface area contributed by atoms with Crippen molar-refractivity contribution in [2.24, 2.45) is 5.92 Å². The second-order valence-electron chi connectivity index (χ2n) is 6.75. The van der Waals surface area contributed by atoms with E-state index < -0.39 is 26.7 Å². The maximum absolute atomic E-state index is 13.2. The topological polar surface area (TPSA) is 92.1 Å². The average molecular weight is 455 g/mol. The third-order valence-electron chi connectivity index (χ3n) is 3.88. The predicted molar refractivity (Wildman–Crippen MR) is 107 cm³/mol. The number of halogens is 3. The van der Waals surface area contributed by atoms with Gasteiger partial charge in [-0.25, -0.2) is 13.4 Å². The number of alkyl halides is 3. The van der Waals surface area contributed by atoms with Gasteiger partial charge < -0.3 is 4.74 Å². The quantitative estimate of drug-likeness (QED) is 0.563. The number of rotatable bonds is 6. The molecule has 0 amide bonds. The fraction of sp³-hybridized carbons (Fsp3) is 0.263. The number of fused-ring (bicyclic) bond motifs is 1. The van der Waals surface area contributed by atoms with Gasteiger partial charge in [0.1, 0.15) is 17.3 Å². The lowest BCUT2D eigenvalue weighted by atomic mass is 10.2. The summed E-state index contributed by atoms with van der Waals surface area (Å²) in [5, 5.41) is 9.23. The Bertz CT molecular complexity index is 1230. The molecule has 11 heteroatoms. The second kappa shape index (κ2) is 8.12. The zero-order valence-electron chi connectivity index (χ0n) is 15.8. The summed E-state index contributed by atoms with van der Waals surface area (Å²) < 4.78 is 73.0. The first-order chi connectivity index (χ1) is 14.0. The van der Waals surface area contributed by atoms with Gasteiger partial charge in [-0.3, -0.25) is 4.72 Å². The molecule has 0 atom stereocenters. The van der Waals surface area contributed by atoms with Crippen LogP contribution in [0, 0.1) is 17.2 Å². The summed E-state index contributed by atoms with van der Waals surface area (Å²) in [5.41, 5.74) is -0.870. The Morgan fingerprint density at radius 3 is 2.60 bits per heavy atom. The highest BCUT2D eigenvalue weighted by Crippen LogP contribution is 2.36. The molecule has 6 nitrogen and oxygen atoms in total. The van der Waals surface area contributed by atoms with Crippen molar-refractivity contribution in [1.82, 2.24) is 4.98 Å². The molecule has 0 bridgehead atoms. The summed E-state index contributed by atoms with van der Waals surface area (Å²) in [6, 6.07) is 8.95. The molecular formula is C19H16F3N3O3S2. The Labute approximate surface area is 175 Å². The van der Waals surface area contributed by atoms with Crippen molar-refractivity contribution in [3.8, 4) is 11.8 Å². The van der Waals surface area contributed by atoms with Crippen LogP contribution in [0.25, 0.3) is 10.2 Å². The fourth-order valence-electron chi connectivity index (χ4n) is 2.58. The zero-order chi connectivity index (χ0) is 22.1. The van der Waals surface area contributed by atoms with Crippen molar-refractivity contribution >= 4 is 36.7 Å². The normalized spacial score (nSPS) is 12.2. The summed E-state index contributed by atoms with van der Waals surface area (Å²) in [7, 11) is -4.56. The predicted octanol–water partition coefficient (Wildman–Crippen LogP) is 5.02. The van der Waals surface area contributed by atoms with Gasteiger partial charge in [-0.2, -0.15) is 18.4 Å². The van der Waals surface area contributed by atoms with Crippen molar-refractivity contribution < 1.29 is 26.3 Å². The van der Waals surface area contributed by atoms with Gasteiger partial charge >= 0.3 is 6.18 Å². The van der Waals surface area contributed by atoms with Gasteiger partial charge in [0.25, 0.3) is 10.0 Å². The van der Waals surface area contributed by atoms with Crippen LogP contribution in [0.5, 0.6) is 5.75 Å². The maximum atomic E-state index is 13.2. The molecule has 0 fully saturated rings. The molecule has 0 spiro atoms. The van der Waals surface area contributed by atoms with Crippen molar-refractivity contribution in [3.63, 3.8) is 0 Å². The van der Waals surface area contributed by atoms with E-state index in [4.69, 9.17) is 4.74 Å². The number of nitriles is 1. The van der Waals surface area contributed by atoms with Crippen LogP contribution >= 0.6 is 11.3 Å². The van der Waals surface area contributed by atoms with Crippen molar-refractivity contribution in [2.45, 2.75) is 24.9 Å². The Hall–Kier alpha value is -2.84. The number of benzene rings is 2. The first-order valence-corrected chi connectivity index (χ1v) is 11.0. The number of aromatic nitrogens is 1. The molecule has 0 aliphatic heterocycles. The van der Waals surface area contributed by atoms with E-state index in [-0.39, 0.29) is 22.1 Å². The summed E-state index contributed by atoms with van der Waals surface area (Å²) in [6.07, 6.45) is -4.84. The van der Waals surface area contributed by atoms with Crippen LogP contribution in [-0.2, 0) is 16.2 Å². The summed E-state index contributed by atoms with van der Waals surface area (Å²) >= 11 is 0.896. The van der Waals surface area contributed by atoms with Crippen LogP contribution in [0.4, 0.5) is 18.3 Å². The smallest absolute Gasteiger partial charge is 0.417 e. The molecule has 1 heterocycles. The molecule has 3 rings (SSSR count). The van der Waals surface area contributed by atoms with E-state index in [1.165, 1.54) is 12.1 Å². The average Bonchev–Trinajstić information content (AvgIpc) is 3.06. The first kappa shape index (κ1) is 21.9. The van der Waals surface area contributed by atoms with E-state index >= 15 is 0 Å². The van der Waals surface area contributed by atoms with E-state index in [1.54, 1.807) is 6.07 Å². The fourth-order valence-corrected chi connectivity index (χ4v) is 4.97. The molecule has 2 aromatic carbocycles. The van der Waals surface area contributed by atoms with Crippen molar-refractivity contribution in [1.29, 1.82) is 5.26 Å². The molecule has 158 valence electrons. The molecule has 1 aromatic heterocycles. The highest BCUT2D eigenvalue weighted by molar-refractivity contribution is 7.93. The molecule has 1 N–H and O–H groups in total. The van der Waals surface area contributed by atoms with Crippen LogP contribution in [0.15, 0.2) is 41.3 Å². The van der Waals surface area contributed by atoms with Crippen LogP contribution in [-0.4, -0.2) is 20.0 Å². The van der Waals surface area contributed by atoms with Gasteiger partial charge in [0.2, 0.25) is 0 Å². The summed E-state index contributed by atoms with van der Waals surface area (Å²) in [4.78, 5) is 3.19. The largest absolute Gasteiger partial charge is 0.493 e. The molecule has 0 radical (unpaired) electrons. The lowest BCUT2D eigenvalue weighted by Gasteiger charge is -2.13. The number of ether oxygens (including phenoxy) is 1. The van der Waals surface area contributed by atoms with Gasteiger partial charge in [0, 0.05) is 6.07 Å². The van der Waals surface area contributed by atoms with Crippen molar-refractivity contribution in [3.05, 3.63) is 47.5 Å². The summed E-state index contributed by atoms with van der Waals surface area (Å²) in [6.45, 7) is 4.34. The Balaban J connectivity index is 2.00. The highest BCUT2D eigenvalue weighted by Gasteiger charge is 2.37. The molecule has 0 unspecified atom stereocenters. The number of thiazole rings is 1. The van der Waals surface area contributed by atoms with Gasteiger partial charge in [-0.05, 0) is 24.1 Å². The minimum absolute atomic E-state index is 0.153. The Morgan fingerprint density at radius 1 is 1.27 bits per heavy atom. The monoisotopic (exact) mass is 455 g/mol. The zero-order valence-corrected chi connectivity index (χ0v) is 17.5. The molecule has 0 aliphatic rings. The minimum Gasteiger partial charge on any atom is -0.493 e. The van der Waals surface area contributed by atoms with Gasteiger partial charge in [0.15, 0.2) is 5.13 Å². The summed E-state index contributed by atoms with van der Waals surface area (Å²) in [5.74, 6) is 0.678. The number of anilines is 1. The standard InChI is InChI=1S/C19H16F3N3O3S2/c1-11(2)10-28-13-7-12(9-23)17-15(8-13)29-18(24-17)25-30(26,27)16-6-4-3-5-14(16)19(20,21)22/h3-8,11H,10H2,1-2H3,(H,24,25). The minimum atomic E-state index is -4.84. The van der Waals surface area contributed by atoms with Crippen LogP contribution in [0.1, 0.15) is 25.0 Å². The van der Waals surface area contributed by atoms with Crippen LogP contribution in [0.2, 0.25) is 0 Å². The third kappa shape index (κ3) is 4.66. The van der Waals surface area contributed by atoms with Gasteiger partial charge in [-0.15, -0.1) is 0 Å².